The molecule has 2 aromatic heterocycles. The highest BCUT2D eigenvalue weighted by Crippen LogP contribution is 2.45. The van der Waals surface area contributed by atoms with Crippen molar-refractivity contribution in [3.8, 4) is 23.3 Å². The highest BCUT2D eigenvalue weighted by molar-refractivity contribution is 5.97. The molecule has 1 aromatic carbocycles. The van der Waals surface area contributed by atoms with Crippen LogP contribution in [0.2, 0.25) is 0 Å². The number of hydrogen-bond donors (Lipinski definition) is 2. The van der Waals surface area contributed by atoms with Gasteiger partial charge in [-0.2, -0.15) is 20.3 Å². The van der Waals surface area contributed by atoms with Gasteiger partial charge in [-0.05, 0) is 51.1 Å². The van der Waals surface area contributed by atoms with E-state index in [1.165, 1.54) is 6.08 Å². The van der Waals surface area contributed by atoms with Crippen molar-refractivity contribution in [3.05, 3.63) is 42.1 Å². The van der Waals surface area contributed by atoms with Crippen LogP contribution in [0.15, 0.2) is 31.0 Å². The van der Waals surface area contributed by atoms with Crippen molar-refractivity contribution in [2.45, 2.75) is 38.5 Å². The number of nitriles is 1. The number of aromatic nitrogens is 4. The lowest BCUT2D eigenvalue weighted by molar-refractivity contribution is -0.137. The van der Waals surface area contributed by atoms with E-state index in [1.807, 2.05) is 19.1 Å². The van der Waals surface area contributed by atoms with Crippen molar-refractivity contribution in [1.82, 2.24) is 30.0 Å². The Balaban J connectivity index is 1.42. The third-order valence-electron chi connectivity index (χ3n) is 8.42. The highest BCUT2D eigenvalue weighted by atomic mass is 16.5. The smallest absolute Gasteiger partial charge is 0.319 e. The van der Waals surface area contributed by atoms with Gasteiger partial charge in [0.25, 0.3) is 0 Å². The van der Waals surface area contributed by atoms with Gasteiger partial charge in [0.05, 0.1) is 17.4 Å². The first-order chi connectivity index (χ1) is 18.8. The Labute approximate surface area is 226 Å². The van der Waals surface area contributed by atoms with E-state index >= 15 is 0 Å². The van der Waals surface area contributed by atoms with E-state index in [9.17, 15) is 15.2 Å². The molecule has 0 aliphatic carbocycles. The second kappa shape index (κ2) is 9.63. The summed E-state index contributed by atoms with van der Waals surface area (Å²) in [7, 11) is 2.08. The van der Waals surface area contributed by atoms with Crippen LogP contribution in [0.1, 0.15) is 30.4 Å². The molecule has 6 rings (SSSR count). The van der Waals surface area contributed by atoms with Gasteiger partial charge >= 0.3 is 6.01 Å². The summed E-state index contributed by atoms with van der Waals surface area (Å²) in [6.45, 7) is 8.50. The average molecular weight is 529 g/mol. The number of carbonyl (C=O) groups excluding carboxylic acids is 1. The number of rotatable bonds is 6. The number of nitrogens with zero attached hydrogens (tertiary/aromatic N) is 7. The van der Waals surface area contributed by atoms with E-state index in [-0.39, 0.29) is 28.9 Å². The summed E-state index contributed by atoms with van der Waals surface area (Å²) >= 11 is 0. The summed E-state index contributed by atoms with van der Waals surface area (Å²) < 4.78 is 6.18. The second-order valence-corrected chi connectivity index (χ2v) is 11.1. The number of likely N-dealkylation sites (N-methyl/N-ethyl adjacent to an activating group) is 1. The van der Waals surface area contributed by atoms with Crippen LogP contribution in [-0.4, -0.2) is 93.1 Å². The van der Waals surface area contributed by atoms with Crippen molar-refractivity contribution < 1.29 is 14.6 Å². The monoisotopic (exact) mass is 528 g/mol. The number of aromatic amines is 1. The highest BCUT2D eigenvalue weighted by Gasteiger charge is 2.53. The molecule has 11 nitrogen and oxygen atoms in total. The molecule has 0 bridgehead atoms. The Morgan fingerprint density at radius 2 is 2.18 bits per heavy atom. The zero-order valence-electron chi connectivity index (χ0n) is 22.2. The lowest BCUT2D eigenvalue weighted by Crippen LogP contribution is -2.59. The third kappa shape index (κ3) is 4.30. The van der Waals surface area contributed by atoms with Crippen molar-refractivity contribution in [2.75, 3.05) is 44.7 Å². The van der Waals surface area contributed by atoms with E-state index in [0.29, 0.717) is 44.2 Å². The minimum atomic E-state index is -0.861. The summed E-state index contributed by atoms with van der Waals surface area (Å²) in [5.74, 6) is 0.224. The first-order valence-electron chi connectivity index (χ1n) is 13.3. The van der Waals surface area contributed by atoms with E-state index in [1.54, 1.807) is 16.0 Å². The molecular weight excluding hydrogens is 496 g/mol. The molecule has 1 spiro atoms. The van der Waals surface area contributed by atoms with Crippen molar-refractivity contribution in [1.29, 1.82) is 5.26 Å². The number of aliphatic hydroxyl groups excluding tert-OH is 1. The van der Waals surface area contributed by atoms with Gasteiger partial charge in [-0.1, -0.05) is 12.6 Å². The predicted octanol–water partition coefficient (Wildman–Crippen LogP) is 2.22. The van der Waals surface area contributed by atoms with Gasteiger partial charge in [-0.15, -0.1) is 0 Å². The molecule has 2 atom stereocenters. The van der Waals surface area contributed by atoms with Gasteiger partial charge in [-0.25, -0.2) is 0 Å². The van der Waals surface area contributed by atoms with Crippen LogP contribution in [0.4, 0.5) is 5.82 Å². The molecule has 0 saturated carbocycles. The quantitative estimate of drug-likeness (QED) is 0.462. The Kier molecular flexibility index (Phi) is 6.24. The molecule has 202 valence electrons. The third-order valence-corrected chi connectivity index (χ3v) is 8.42. The van der Waals surface area contributed by atoms with Gasteiger partial charge in [0.2, 0.25) is 5.91 Å². The van der Waals surface area contributed by atoms with Gasteiger partial charge in [0.1, 0.15) is 24.5 Å². The van der Waals surface area contributed by atoms with Crippen LogP contribution >= 0.6 is 0 Å². The normalized spacial score (nSPS) is 22.3. The number of carbonyl (C=O) groups is 1. The van der Waals surface area contributed by atoms with Crippen LogP contribution in [0.5, 0.6) is 6.01 Å². The van der Waals surface area contributed by atoms with Crippen LogP contribution in [-0.2, 0) is 4.79 Å². The lowest BCUT2D eigenvalue weighted by atomic mass is 9.78. The molecule has 3 aromatic rings. The maximum atomic E-state index is 12.1. The summed E-state index contributed by atoms with van der Waals surface area (Å²) in [5.41, 5.74) is 2.99. The summed E-state index contributed by atoms with van der Waals surface area (Å²) in [6.07, 6.45) is 4.80. The molecule has 2 N–H and O–H groups in total. The number of fused-ring (bicyclic) bond motifs is 1. The predicted molar refractivity (Wildman–Crippen MR) is 145 cm³/mol. The zero-order valence-corrected chi connectivity index (χ0v) is 22.2. The standard InChI is InChI=1S/C28H32N8O3/c1-4-22(37)35-14-28(15-35)10-23(38)36(16-28)26-19(11-29)25(24-17(2)7-8-21-20(24)12-30-33-21)31-27(32-26)39-13-18-6-5-9-34(18)3/h4,7-8,12,18,23,38H,1,5-6,9-10,13-16H2,2-3H3,(H,30,33)/t18-,23?/m0/s1. The average Bonchev–Trinajstić information content (AvgIpc) is 3.64. The molecule has 0 radical (unpaired) electrons. The Morgan fingerprint density at radius 1 is 1.36 bits per heavy atom. The number of aliphatic hydroxyl groups is 1. The minimum absolute atomic E-state index is 0.119. The van der Waals surface area contributed by atoms with Gasteiger partial charge in [0, 0.05) is 48.5 Å². The number of amides is 1. The van der Waals surface area contributed by atoms with Gasteiger partial charge in [-0.3, -0.25) is 9.89 Å². The molecule has 3 aliphatic rings. The van der Waals surface area contributed by atoms with E-state index < -0.39 is 6.23 Å². The number of H-pyrrole nitrogens is 1. The van der Waals surface area contributed by atoms with E-state index in [4.69, 9.17) is 14.7 Å². The number of anilines is 1. The molecule has 39 heavy (non-hydrogen) atoms. The molecule has 1 amide bonds. The molecule has 11 heteroatoms. The fourth-order valence-electron chi connectivity index (χ4n) is 6.31. The fraction of sp³-hybridized carbons (Fsp3) is 0.464. The Hall–Kier alpha value is -4.01. The Morgan fingerprint density at radius 3 is 2.90 bits per heavy atom. The first kappa shape index (κ1) is 25.3. The summed E-state index contributed by atoms with van der Waals surface area (Å²) in [4.78, 5) is 27.3. The van der Waals surface area contributed by atoms with Crippen LogP contribution < -0.4 is 9.64 Å². The zero-order chi connectivity index (χ0) is 27.3. The topological polar surface area (TPSA) is 134 Å². The molecule has 1 unspecified atom stereocenters. The number of nitrogens with one attached hydrogen (secondary N) is 1. The van der Waals surface area contributed by atoms with E-state index in [0.717, 1.165) is 41.4 Å². The molecule has 3 aliphatic heterocycles. The number of ether oxygens (including phenoxy) is 1. The minimum Gasteiger partial charge on any atom is -0.462 e. The molecule has 3 saturated heterocycles. The summed E-state index contributed by atoms with van der Waals surface area (Å²) in [6, 6.07) is 6.67. The van der Waals surface area contributed by atoms with E-state index in [2.05, 4.69) is 34.8 Å². The van der Waals surface area contributed by atoms with Crippen molar-refractivity contribution in [3.63, 3.8) is 0 Å². The molecule has 5 heterocycles. The van der Waals surface area contributed by atoms with Gasteiger partial charge < -0.3 is 24.5 Å². The largest absolute Gasteiger partial charge is 0.462 e. The Bertz CT molecular complexity index is 1490. The molecular formula is C28H32N8O3. The van der Waals surface area contributed by atoms with Crippen LogP contribution in [0.3, 0.4) is 0 Å². The maximum absolute atomic E-state index is 12.1. The maximum Gasteiger partial charge on any atom is 0.319 e. The summed E-state index contributed by atoms with van der Waals surface area (Å²) in [5, 5.41) is 29.7. The lowest BCUT2D eigenvalue weighted by Gasteiger charge is -2.47. The fourth-order valence-corrected chi connectivity index (χ4v) is 6.31. The van der Waals surface area contributed by atoms with Gasteiger partial charge in [0.15, 0.2) is 5.82 Å². The first-order valence-corrected chi connectivity index (χ1v) is 13.3. The number of aryl methyl sites for hydroxylation is 1. The van der Waals surface area contributed by atoms with Crippen LogP contribution in [0.25, 0.3) is 22.2 Å². The second-order valence-electron chi connectivity index (χ2n) is 11.1. The number of benzene rings is 1. The molecule has 3 fully saturated rings. The number of hydrogen-bond acceptors (Lipinski definition) is 9. The van der Waals surface area contributed by atoms with Crippen molar-refractivity contribution in [2.24, 2.45) is 5.41 Å². The SMILES string of the molecule is C=CC(=O)N1CC2(CC(O)N(c3nc(OC[C@@H]4CCCN4C)nc(-c4c(C)ccc5[nH]ncc45)c3C#N)C2)C1. The van der Waals surface area contributed by atoms with Crippen LogP contribution in [0, 0.1) is 23.7 Å². The number of likely N-dealkylation sites (tertiary alicyclic amines) is 2. The van der Waals surface area contributed by atoms with Crippen molar-refractivity contribution >= 4 is 22.6 Å².